The fraction of sp³-hybridized carbons (Fsp3) is 0.176. The highest BCUT2D eigenvalue weighted by Crippen LogP contribution is 2.38. The highest BCUT2D eigenvalue weighted by atomic mass is 32.2. The average Bonchev–Trinajstić information content (AvgIpc) is 3.26. The van der Waals surface area contributed by atoms with Crippen LogP contribution in [0, 0.1) is 0 Å². The minimum atomic E-state index is -4.47. The first-order valence-electron chi connectivity index (χ1n) is 7.50. The number of hydrogen-bond donors (Lipinski definition) is 1. The van der Waals surface area contributed by atoms with E-state index in [1.54, 1.807) is 29.9 Å². The molecular weight excluding hydrogens is 351 g/mol. The van der Waals surface area contributed by atoms with Crippen LogP contribution < -0.4 is 0 Å². The summed E-state index contributed by atoms with van der Waals surface area (Å²) in [7, 11) is 0. The van der Waals surface area contributed by atoms with Crippen molar-refractivity contribution in [1.29, 1.82) is 0 Å². The smallest absolute Gasteiger partial charge is 0.360 e. The van der Waals surface area contributed by atoms with Gasteiger partial charge in [-0.2, -0.15) is 13.2 Å². The molecule has 4 rings (SSSR count). The number of thioether (sulfide) groups is 1. The van der Waals surface area contributed by atoms with E-state index in [9.17, 15) is 18.0 Å². The number of ketones is 1. The zero-order chi connectivity index (χ0) is 17.6. The first-order valence-corrected chi connectivity index (χ1v) is 8.38. The van der Waals surface area contributed by atoms with E-state index < -0.39 is 18.3 Å². The summed E-state index contributed by atoms with van der Waals surface area (Å²) in [4.78, 5) is 20.6. The van der Waals surface area contributed by atoms with Crippen molar-refractivity contribution in [1.82, 2.24) is 9.88 Å². The van der Waals surface area contributed by atoms with Gasteiger partial charge in [-0.15, -0.1) is 0 Å². The van der Waals surface area contributed by atoms with Gasteiger partial charge in [-0.1, -0.05) is 36.0 Å². The molecule has 128 valence electrons. The molecule has 2 aliphatic rings. The zero-order valence-corrected chi connectivity index (χ0v) is 13.5. The molecule has 0 bridgehead atoms. The largest absolute Gasteiger partial charge is 0.413 e. The molecule has 2 unspecified atom stereocenters. The molecule has 25 heavy (non-hydrogen) atoms. The first kappa shape index (κ1) is 16.0. The number of halogens is 3. The summed E-state index contributed by atoms with van der Waals surface area (Å²) >= 11 is 1.14. The van der Waals surface area contributed by atoms with Gasteiger partial charge < -0.3 is 9.88 Å². The molecule has 4 nitrogen and oxygen atoms in total. The Balaban J connectivity index is 1.62. The van der Waals surface area contributed by atoms with Crippen LogP contribution in [0.4, 0.5) is 13.2 Å². The summed E-state index contributed by atoms with van der Waals surface area (Å²) in [5, 5.41) is 2.72. The third kappa shape index (κ3) is 2.76. The molecule has 0 saturated carbocycles. The fourth-order valence-electron chi connectivity index (χ4n) is 2.97. The molecule has 2 aliphatic heterocycles. The lowest BCUT2D eigenvalue weighted by Crippen LogP contribution is -2.40. The van der Waals surface area contributed by atoms with Crippen LogP contribution in [0.1, 0.15) is 10.4 Å². The Hall–Kier alpha value is -2.48. The van der Waals surface area contributed by atoms with E-state index in [1.807, 2.05) is 12.1 Å². The number of carbonyl (C=O) groups is 1. The van der Waals surface area contributed by atoms with Crippen LogP contribution in [0.15, 0.2) is 59.2 Å². The number of hydrogen-bond acceptors (Lipinski definition) is 4. The van der Waals surface area contributed by atoms with Gasteiger partial charge in [-0.05, 0) is 17.6 Å². The fourth-order valence-corrected chi connectivity index (χ4v) is 3.76. The summed E-state index contributed by atoms with van der Waals surface area (Å²) in [6.45, 7) is 0. The summed E-state index contributed by atoms with van der Waals surface area (Å²) in [5.74, 6) is -0.345. The van der Waals surface area contributed by atoms with E-state index in [1.165, 1.54) is 17.1 Å². The summed E-state index contributed by atoms with van der Waals surface area (Å²) in [6.07, 6.45) is 1.15. The van der Waals surface area contributed by atoms with Crippen molar-refractivity contribution in [3.63, 3.8) is 0 Å². The highest BCUT2D eigenvalue weighted by molar-refractivity contribution is 8.16. The molecule has 3 heterocycles. The number of para-hydroxylation sites is 1. The van der Waals surface area contributed by atoms with E-state index in [0.29, 0.717) is 10.7 Å². The normalized spacial score (nSPS) is 22.8. The second-order valence-corrected chi connectivity index (χ2v) is 6.54. The van der Waals surface area contributed by atoms with Crippen LogP contribution in [-0.2, 0) is 0 Å². The molecular formula is C17H12F3N3OS. The number of alkyl halides is 3. The Kier molecular flexibility index (Phi) is 3.72. The summed E-state index contributed by atoms with van der Waals surface area (Å²) in [6, 6.07) is 4.36. The molecule has 1 N–H and O–H groups in total. The van der Waals surface area contributed by atoms with Gasteiger partial charge in [0, 0.05) is 28.9 Å². The lowest BCUT2D eigenvalue weighted by atomic mass is 10.0. The number of fused-ring (bicyclic) bond motifs is 2. The maximum Gasteiger partial charge on any atom is 0.413 e. The van der Waals surface area contributed by atoms with Crippen LogP contribution in [0.2, 0.25) is 0 Å². The number of H-pyrrole nitrogens is 1. The van der Waals surface area contributed by atoms with Gasteiger partial charge in [0.25, 0.3) is 0 Å². The number of rotatable bonds is 3. The van der Waals surface area contributed by atoms with E-state index in [2.05, 4.69) is 9.98 Å². The summed E-state index contributed by atoms with van der Waals surface area (Å²) in [5.41, 5.74) is 1.23. The number of benzene rings is 1. The quantitative estimate of drug-likeness (QED) is 0.660. The van der Waals surface area contributed by atoms with Gasteiger partial charge in [0.15, 0.2) is 17.0 Å². The minimum absolute atomic E-state index is 0.302. The van der Waals surface area contributed by atoms with Crippen LogP contribution in [0.25, 0.3) is 10.9 Å². The molecule has 1 aromatic heterocycles. The molecule has 8 heteroatoms. The van der Waals surface area contributed by atoms with E-state index >= 15 is 0 Å². The van der Waals surface area contributed by atoms with Crippen molar-refractivity contribution in [3.05, 3.63) is 59.8 Å². The van der Waals surface area contributed by atoms with Crippen LogP contribution in [-0.4, -0.2) is 39.1 Å². The molecule has 2 atom stereocenters. The van der Waals surface area contributed by atoms with Gasteiger partial charge in [0.05, 0.1) is 6.04 Å². The Bertz CT molecular complexity index is 929. The van der Waals surface area contributed by atoms with Crippen LogP contribution >= 0.6 is 11.8 Å². The Labute approximate surface area is 145 Å². The number of aromatic nitrogens is 1. The maximum atomic E-state index is 13.2. The third-order valence-corrected chi connectivity index (χ3v) is 4.93. The first-order chi connectivity index (χ1) is 11.9. The number of allylic oxidation sites excluding steroid dienone is 1. The Morgan fingerprint density at radius 2 is 2.12 bits per heavy atom. The third-order valence-electron chi connectivity index (χ3n) is 4.14. The monoisotopic (exact) mass is 363 g/mol. The molecule has 0 aliphatic carbocycles. The number of aromatic amines is 1. The molecule has 0 saturated heterocycles. The number of nitrogens with one attached hydrogen (secondary N) is 1. The molecule has 0 radical (unpaired) electrons. The van der Waals surface area contributed by atoms with Crippen molar-refractivity contribution < 1.29 is 18.0 Å². The summed E-state index contributed by atoms with van der Waals surface area (Å²) < 4.78 is 39.7. The molecule has 0 spiro atoms. The number of aliphatic imine (C=N–C) groups is 1. The molecule has 2 aromatic rings. The standard InChI is InChI=1S/C17H12F3N3OS/c18-17(19,20)15-13(23-7-8-25-16(23)22-15)5-6-14(24)11-9-21-12-4-2-1-3-10(11)12/h1-9,13,15,21H. The van der Waals surface area contributed by atoms with Gasteiger partial charge in [0.1, 0.15) is 0 Å². The maximum absolute atomic E-state index is 13.2. The second-order valence-electron chi connectivity index (χ2n) is 5.67. The van der Waals surface area contributed by atoms with E-state index in [-0.39, 0.29) is 5.78 Å². The van der Waals surface area contributed by atoms with Crippen molar-refractivity contribution in [2.45, 2.75) is 18.3 Å². The van der Waals surface area contributed by atoms with Gasteiger partial charge in [-0.25, -0.2) is 4.99 Å². The lowest BCUT2D eigenvalue weighted by Gasteiger charge is -2.23. The van der Waals surface area contributed by atoms with Crippen molar-refractivity contribution in [3.8, 4) is 0 Å². The van der Waals surface area contributed by atoms with Gasteiger partial charge >= 0.3 is 6.18 Å². The van der Waals surface area contributed by atoms with Gasteiger partial charge in [-0.3, -0.25) is 4.79 Å². The van der Waals surface area contributed by atoms with Crippen molar-refractivity contribution >= 4 is 33.6 Å². The second kappa shape index (κ2) is 5.80. The Morgan fingerprint density at radius 1 is 1.32 bits per heavy atom. The zero-order valence-electron chi connectivity index (χ0n) is 12.7. The van der Waals surface area contributed by atoms with E-state index in [0.717, 1.165) is 22.7 Å². The Morgan fingerprint density at radius 3 is 2.92 bits per heavy atom. The topological polar surface area (TPSA) is 48.5 Å². The molecule has 0 fully saturated rings. The number of nitrogens with zero attached hydrogens (tertiary/aromatic N) is 2. The van der Waals surface area contributed by atoms with Crippen molar-refractivity contribution in [2.24, 2.45) is 4.99 Å². The van der Waals surface area contributed by atoms with Crippen LogP contribution in [0.3, 0.4) is 0 Å². The lowest BCUT2D eigenvalue weighted by molar-refractivity contribution is -0.150. The average molecular weight is 363 g/mol. The van der Waals surface area contributed by atoms with Crippen LogP contribution in [0.5, 0.6) is 0 Å². The SMILES string of the molecule is O=C(C=CC1C(C(F)(F)F)N=C2SC=CN21)c1c[nH]c2ccccc12. The minimum Gasteiger partial charge on any atom is -0.360 e. The van der Waals surface area contributed by atoms with Crippen molar-refractivity contribution in [2.75, 3.05) is 0 Å². The predicted molar refractivity (Wildman–Crippen MR) is 91.4 cm³/mol. The highest BCUT2D eigenvalue weighted by Gasteiger charge is 2.51. The predicted octanol–water partition coefficient (Wildman–Crippen LogP) is 4.10. The van der Waals surface area contributed by atoms with Gasteiger partial charge in [0.2, 0.25) is 0 Å². The molecule has 1 aromatic carbocycles. The number of carbonyl (C=O) groups excluding carboxylic acids is 1. The number of amidine groups is 1. The van der Waals surface area contributed by atoms with E-state index in [4.69, 9.17) is 0 Å². The molecule has 0 amide bonds.